The van der Waals surface area contributed by atoms with E-state index in [0.717, 1.165) is 25.9 Å². The van der Waals surface area contributed by atoms with Gasteiger partial charge in [0.05, 0.1) is 14.2 Å². The highest BCUT2D eigenvalue weighted by atomic mass is 32.2. The van der Waals surface area contributed by atoms with Crippen LogP contribution in [0.2, 0.25) is 0 Å². The van der Waals surface area contributed by atoms with Gasteiger partial charge in [-0.15, -0.1) is 0 Å². The van der Waals surface area contributed by atoms with Crippen LogP contribution in [0.1, 0.15) is 12.8 Å². The van der Waals surface area contributed by atoms with E-state index in [-0.39, 0.29) is 16.7 Å². The van der Waals surface area contributed by atoms with Crippen LogP contribution in [0.25, 0.3) is 0 Å². The molecule has 1 N–H and O–H groups in total. The van der Waals surface area contributed by atoms with Crippen LogP contribution in [0.3, 0.4) is 0 Å². The van der Waals surface area contributed by atoms with Gasteiger partial charge in [-0.2, -0.15) is 0 Å². The summed E-state index contributed by atoms with van der Waals surface area (Å²) in [7, 11) is 1.42. The number of ether oxygens (including phenoxy) is 2. The Kier molecular flexibility index (Phi) is 5.08. The molecule has 0 saturated carbocycles. The lowest BCUT2D eigenvalue weighted by Gasteiger charge is -2.29. The maximum absolute atomic E-state index is 12.5. The van der Waals surface area contributed by atoms with Crippen molar-refractivity contribution in [2.45, 2.75) is 23.8 Å². The van der Waals surface area contributed by atoms with Gasteiger partial charge in [-0.25, -0.2) is 13.1 Å². The molecule has 0 bridgehead atoms. The van der Waals surface area contributed by atoms with Gasteiger partial charge >= 0.3 is 0 Å². The molecule has 6 nitrogen and oxygen atoms in total. The summed E-state index contributed by atoms with van der Waals surface area (Å²) in [5.41, 5.74) is 0. The smallest absolute Gasteiger partial charge is 0.244 e. The molecule has 1 aromatic carbocycles. The van der Waals surface area contributed by atoms with Crippen LogP contribution in [0.4, 0.5) is 0 Å². The van der Waals surface area contributed by atoms with Crippen LogP contribution in [0.5, 0.6) is 11.5 Å². The number of methoxy groups -OCH3 is 2. The molecule has 1 fully saturated rings. The van der Waals surface area contributed by atoms with E-state index in [1.54, 1.807) is 12.1 Å². The molecule has 7 heteroatoms. The average Bonchev–Trinajstić information content (AvgIpc) is 2.48. The Labute approximate surface area is 126 Å². The van der Waals surface area contributed by atoms with Crippen molar-refractivity contribution in [2.75, 3.05) is 34.4 Å². The zero-order chi connectivity index (χ0) is 15.5. The Morgan fingerprint density at radius 1 is 1.19 bits per heavy atom. The number of piperidine rings is 1. The fourth-order valence-electron chi connectivity index (χ4n) is 2.41. The zero-order valence-electron chi connectivity index (χ0n) is 12.6. The topological polar surface area (TPSA) is 67.9 Å². The molecular weight excluding hydrogens is 292 g/mol. The third kappa shape index (κ3) is 3.87. The summed E-state index contributed by atoms with van der Waals surface area (Å²) in [6, 6.07) is 4.67. The van der Waals surface area contributed by atoms with Crippen LogP contribution >= 0.6 is 0 Å². The first-order valence-electron chi connectivity index (χ1n) is 6.89. The van der Waals surface area contributed by atoms with Crippen molar-refractivity contribution >= 4 is 10.0 Å². The second kappa shape index (κ2) is 6.64. The second-order valence-electron chi connectivity index (χ2n) is 5.22. The van der Waals surface area contributed by atoms with Crippen LogP contribution in [0.15, 0.2) is 23.1 Å². The number of rotatable bonds is 5. The monoisotopic (exact) mass is 314 g/mol. The lowest BCUT2D eigenvalue weighted by molar-refractivity contribution is 0.248. The van der Waals surface area contributed by atoms with Crippen molar-refractivity contribution in [3.05, 3.63) is 18.2 Å². The molecule has 2 rings (SSSR count). The lowest BCUT2D eigenvalue weighted by atomic mass is 10.1. The molecule has 1 heterocycles. The summed E-state index contributed by atoms with van der Waals surface area (Å²) in [4.78, 5) is 2.34. The summed E-state index contributed by atoms with van der Waals surface area (Å²) < 4.78 is 38.1. The van der Waals surface area contributed by atoms with E-state index < -0.39 is 10.0 Å². The molecule has 0 spiro atoms. The van der Waals surface area contributed by atoms with Crippen molar-refractivity contribution in [1.29, 1.82) is 0 Å². The molecule has 1 saturated heterocycles. The van der Waals surface area contributed by atoms with Crippen molar-refractivity contribution in [1.82, 2.24) is 9.62 Å². The normalized spacial score (nSPS) is 17.7. The first kappa shape index (κ1) is 16.1. The maximum atomic E-state index is 12.5. The van der Waals surface area contributed by atoms with E-state index in [9.17, 15) is 8.42 Å². The number of benzene rings is 1. The molecule has 1 aliphatic rings. The van der Waals surface area contributed by atoms with Gasteiger partial charge in [-0.05, 0) is 45.1 Å². The summed E-state index contributed by atoms with van der Waals surface area (Å²) in [6.07, 6.45) is 1.63. The Morgan fingerprint density at radius 2 is 1.86 bits per heavy atom. The standard InChI is InChI=1S/C14H22N2O4S/c1-16-8-6-11(7-9-16)15-21(17,18)14-5-4-12(19-2)10-13(14)20-3/h4-5,10-11,15H,6-9H2,1-3H3. The van der Waals surface area contributed by atoms with Crippen LogP contribution in [-0.4, -0.2) is 53.7 Å². The van der Waals surface area contributed by atoms with E-state index >= 15 is 0 Å². The minimum absolute atomic E-state index is 0.0296. The van der Waals surface area contributed by atoms with Crippen molar-refractivity contribution < 1.29 is 17.9 Å². The Morgan fingerprint density at radius 3 is 2.43 bits per heavy atom. The molecule has 21 heavy (non-hydrogen) atoms. The molecule has 0 radical (unpaired) electrons. The van der Waals surface area contributed by atoms with Crippen molar-refractivity contribution in [3.8, 4) is 11.5 Å². The quantitative estimate of drug-likeness (QED) is 0.881. The maximum Gasteiger partial charge on any atom is 0.244 e. The Bertz CT molecular complexity index is 581. The van der Waals surface area contributed by atoms with E-state index in [0.29, 0.717) is 5.75 Å². The predicted octanol–water partition coefficient (Wildman–Crippen LogP) is 1.08. The van der Waals surface area contributed by atoms with Crippen molar-refractivity contribution in [2.24, 2.45) is 0 Å². The highest BCUT2D eigenvalue weighted by Gasteiger charge is 2.26. The molecule has 0 unspecified atom stereocenters. The van der Waals surface area contributed by atoms with Crippen LogP contribution in [0, 0.1) is 0 Å². The molecule has 118 valence electrons. The molecule has 1 aromatic rings. The first-order chi connectivity index (χ1) is 9.96. The summed E-state index contributed by atoms with van der Waals surface area (Å²) in [5, 5.41) is 0. The average molecular weight is 314 g/mol. The highest BCUT2D eigenvalue weighted by molar-refractivity contribution is 7.89. The van der Waals surface area contributed by atoms with Crippen LogP contribution in [-0.2, 0) is 10.0 Å². The molecule has 1 aliphatic heterocycles. The molecule has 0 atom stereocenters. The number of hydrogen-bond donors (Lipinski definition) is 1. The molecule has 0 aliphatic carbocycles. The van der Waals surface area contributed by atoms with E-state index in [4.69, 9.17) is 9.47 Å². The van der Waals surface area contributed by atoms with Crippen molar-refractivity contribution in [3.63, 3.8) is 0 Å². The minimum atomic E-state index is -3.59. The molecular formula is C14H22N2O4S. The van der Waals surface area contributed by atoms with Gasteiger partial charge in [0.15, 0.2) is 0 Å². The third-order valence-corrected chi connectivity index (χ3v) is 5.26. The predicted molar refractivity (Wildman–Crippen MR) is 80.4 cm³/mol. The number of nitrogens with zero attached hydrogens (tertiary/aromatic N) is 1. The minimum Gasteiger partial charge on any atom is -0.497 e. The summed E-state index contributed by atoms with van der Waals surface area (Å²) >= 11 is 0. The SMILES string of the molecule is COc1ccc(S(=O)(=O)NC2CCN(C)CC2)c(OC)c1. The largest absolute Gasteiger partial charge is 0.497 e. The number of likely N-dealkylation sites (tertiary alicyclic amines) is 1. The zero-order valence-corrected chi connectivity index (χ0v) is 13.4. The number of nitrogens with one attached hydrogen (secondary N) is 1. The van der Waals surface area contributed by atoms with Gasteiger partial charge in [-0.1, -0.05) is 0 Å². The van der Waals surface area contributed by atoms with E-state index in [2.05, 4.69) is 9.62 Å². The van der Waals surface area contributed by atoms with Gasteiger partial charge in [0.2, 0.25) is 10.0 Å². The molecule has 0 amide bonds. The third-order valence-electron chi connectivity index (χ3n) is 3.70. The Hall–Kier alpha value is -1.31. The van der Waals surface area contributed by atoms with E-state index in [1.807, 2.05) is 7.05 Å². The number of sulfonamides is 1. The Balaban J connectivity index is 2.19. The fraction of sp³-hybridized carbons (Fsp3) is 0.571. The van der Waals surface area contributed by atoms with Gasteiger partial charge in [0.25, 0.3) is 0 Å². The summed E-state index contributed by atoms with van der Waals surface area (Å²) in [5.74, 6) is 0.847. The second-order valence-corrected chi connectivity index (χ2v) is 6.90. The van der Waals surface area contributed by atoms with Gasteiger partial charge < -0.3 is 14.4 Å². The lowest BCUT2D eigenvalue weighted by Crippen LogP contribution is -2.43. The van der Waals surface area contributed by atoms with Gasteiger partial charge in [0.1, 0.15) is 16.4 Å². The van der Waals surface area contributed by atoms with Gasteiger partial charge in [-0.3, -0.25) is 0 Å². The summed E-state index contributed by atoms with van der Waals surface area (Å²) in [6.45, 7) is 1.79. The fourth-order valence-corrected chi connectivity index (χ4v) is 3.86. The van der Waals surface area contributed by atoms with Crippen LogP contribution < -0.4 is 14.2 Å². The van der Waals surface area contributed by atoms with Gasteiger partial charge in [0, 0.05) is 12.1 Å². The molecule has 0 aromatic heterocycles. The van der Waals surface area contributed by atoms with E-state index in [1.165, 1.54) is 20.3 Å². The highest BCUT2D eigenvalue weighted by Crippen LogP contribution is 2.28. The number of hydrogen-bond acceptors (Lipinski definition) is 5. The first-order valence-corrected chi connectivity index (χ1v) is 8.37.